The molecule has 0 bridgehead atoms. The maximum absolute atomic E-state index is 13.2. The van der Waals surface area contributed by atoms with Crippen LogP contribution in [0.2, 0.25) is 0 Å². The van der Waals surface area contributed by atoms with Crippen LogP contribution in [0.3, 0.4) is 0 Å². The van der Waals surface area contributed by atoms with E-state index in [1.165, 1.54) is 4.80 Å². The molecule has 2 saturated heterocycles. The van der Waals surface area contributed by atoms with Crippen LogP contribution in [0.5, 0.6) is 0 Å². The number of hydrogen-bond donors (Lipinski definition) is 1. The van der Waals surface area contributed by atoms with Gasteiger partial charge in [-0.1, -0.05) is 0 Å². The maximum atomic E-state index is 13.2. The van der Waals surface area contributed by atoms with Crippen molar-refractivity contribution in [2.45, 2.75) is 26.4 Å². The zero-order valence-electron chi connectivity index (χ0n) is 17.8. The van der Waals surface area contributed by atoms with E-state index in [-0.39, 0.29) is 5.91 Å². The molecule has 1 amide bonds. The van der Waals surface area contributed by atoms with Crippen molar-refractivity contribution in [3.05, 3.63) is 47.9 Å². The van der Waals surface area contributed by atoms with Crippen molar-refractivity contribution in [2.75, 3.05) is 31.1 Å². The first-order chi connectivity index (χ1) is 14.8. The van der Waals surface area contributed by atoms with Gasteiger partial charge in [0, 0.05) is 44.2 Å². The van der Waals surface area contributed by atoms with E-state index in [2.05, 4.69) is 25.1 Å². The first-order valence-electron chi connectivity index (χ1n) is 10.4. The molecule has 5 rings (SSSR count). The summed E-state index contributed by atoms with van der Waals surface area (Å²) in [5, 5.41) is 18.6. The Balaban J connectivity index is 1.30. The van der Waals surface area contributed by atoms with Crippen LogP contribution in [0.4, 0.5) is 6.01 Å². The van der Waals surface area contributed by atoms with Crippen molar-refractivity contribution < 1.29 is 14.3 Å². The Kier molecular flexibility index (Phi) is 4.54. The number of amides is 1. The lowest BCUT2D eigenvalue weighted by atomic mass is 10.0. The Labute approximate surface area is 179 Å². The zero-order valence-corrected chi connectivity index (χ0v) is 17.8. The summed E-state index contributed by atoms with van der Waals surface area (Å²) in [4.78, 5) is 27.5. The third kappa shape index (κ3) is 3.46. The molecule has 0 aromatic carbocycles. The monoisotopic (exact) mass is 423 g/mol. The molecule has 10 heteroatoms. The van der Waals surface area contributed by atoms with E-state index in [1.54, 1.807) is 44.6 Å². The molecule has 2 fully saturated rings. The summed E-state index contributed by atoms with van der Waals surface area (Å²) in [6.45, 7) is 8.05. The number of carbonyl (C=O) groups excluding carboxylic acids is 1. The molecule has 162 valence electrons. The van der Waals surface area contributed by atoms with E-state index in [1.807, 2.05) is 11.8 Å². The Morgan fingerprint density at radius 3 is 2.42 bits per heavy atom. The van der Waals surface area contributed by atoms with Gasteiger partial charge in [0.25, 0.3) is 11.9 Å². The highest BCUT2D eigenvalue weighted by molar-refractivity contribution is 5.95. The SMILES string of the molecule is Cc1oc(N2CC3CN(C(=O)c4ncccc4-n4nccn4)CC3C2)nc1C(C)(C)O. The third-order valence-corrected chi connectivity index (χ3v) is 6.03. The minimum absolute atomic E-state index is 0.106. The van der Waals surface area contributed by atoms with Gasteiger partial charge in [0.15, 0.2) is 5.69 Å². The Morgan fingerprint density at radius 2 is 1.81 bits per heavy atom. The lowest BCUT2D eigenvalue weighted by molar-refractivity contribution is 0.0727. The second-order valence-corrected chi connectivity index (χ2v) is 8.79. The van der Waals surface area contributed by atoms with Crippen LogP contribution in [0.15, 0.2) is 35.1 Å². The first-order valence-corrected chi connectivity index (χ1v) is 10.4. The summed E-state index contributed by atoms with van der Waals surface area (Å²) in [5.41, 5.74) is 0.444. The van der Waals surface area contributed by atoms with Crippen LogP contribution in [-0.4, -0.2) is 67.1 Å². The summed E-state index contributed by atoms with van der Waals surface area (Å²) in [6, 6.07) is 4.11. The Morgan fingerprint density at radius 1 is 1.13 bits per heavy atom. The number of hydrogen-bond acceptors (Lipinski definition) is 8. The number of aromatic nitrogens is 5. The second-order valence-electron chi connectivity index (χ2n) is 8.79. The number of nitrogens with zero attached hydrogens (tertiary/aromatic N) is 7. The molecule has 0 radical (unpaired) electrons. The molecular weight excluding hydrogens is 398 g/mol. The summed E-state index contributed by atoms with van der Waals surface area (Å²) in [6.07, 6.45) is 4.76. The molecule has 2 aliphatic rings. The van der Waals surface area contributed by atoms with Crippen LogP contribution < -0.4 is 4.90 Å². The number of pyridine rings is 1. The fourth-order valence-electron chi connectivity index (χ4n) is 4.61. The predicted octanol–water partition coefficient (Wildman–Crippen LogP) is 1.39. The van der Waals surface area contributed by atoms with Crippen LogP contribution in [0, 0.1) is 18.8 Å². The number of oxazole rings is 1. The lowest BCUT2D eigenvalue weighted by Gasteiger charge is -2.21. The van der Waals surface area contributed by atoms with Gasteiger partial charge in [-0.3, -0.25) is 4.79 Å². The standard InChI is InChI=1S/C21H25N7O3/c1-13-18(21(2,3)30)25-20(31-13)27-11-14-9-26(10-15(14)12-27)19(29)17-16(5-4-6-22-17)28-23-7-8-24-28/h4-8,14-15,30H,9-12H2,1-3H3. The zero-order chi connectivity index (χ0) is 21.8. The van der Waals surface area contributed by atoms with Crippen molar-refractivity contribution in [1.82, 2.24) is 29.9 Å². The number of aliphatic hydroxyl groups is 1. The molecule has 1 N–H and O–H groups in total. The van der Waals surface area contributed by atoms with Crippen molar-refractivity contribution in [2.24, 2.45) is 11.8 Å². The highest BCUT2D eigenvalue weighted by atomic mass is 16.4. The molecule has 31 heavy (non-hydrogen) atoms. The van der Waals surface area contributed by atoms with Crippen LogP contribution in [-0.2, 0) is 5.60 Å². The average Bonchev–Trinajstić information content (AvgIpc) is 3.49. The normalized spacial score (nSPS) is 21.0. The molecule has 5 heterocycles. The van der Waals surface area contributed by atoms with E-state index in [9.17, 15) is 9.90 Å². The van der Waals surface area contributed by atoms with Crippen molar-refractivity contribution in [3.63, 3.8) is 0 Å². The van der Waals surface area contributed by atoms with Gasteiger partial charge in [-0.05, 0) is 32.9 Å². The quantitative estimate of drug-likeness (QED) is 0.670. The van der Waals surface area contributed by atoms with Crippen molar-refractivity contribution in [1.29, 1.82) is 0 Å². The predicted molar refractivity (Wildman–Crippen MR) is 111 cm³/mol. The van der Waals surface area contributed by atoms with Crippen LogP contribution in [0.25, 0.3) is 5.69 Å². The van der Waals surface area contributed by atoms with Crippen LogP contribution in [0.1, 0.15) is 35.8 Å². The number of carbonyl (C=O) groups is 1. The molecule has 0 saturated carbocycles. The molecule has 0 spiro atoms. The summed E-state index contributed by atoms with van der Waals surface area (Å²) < 4.78 is 5.84. The lowest BCUT2D eigenvalue weighted by Crippen LogP contribution is -2.34. The van der Waals surface area contributed by atoms with Gasteiger partial charge in [0.2, 0.25) is 0 Å². The molecule has 10 nitrogen and oxygen atoms in total. The molecule has 2 aliphatic heterocycles. The van der Waals surface area contributed by atoms with Gasteiger partial charge in [0.05, 0.1) is 12.4 Å². The van der Waals surface area contributed by atoms with Gasteiger partial charge in [-0.25, -0.2) is 4.98 Å². The molecule has 3 aromatic rings. The number of anilines is 1. The van der Waals surface area contributed by atoms with E-state index in [4.69, 9.17) is 4.42 Å². The molecule has 3 aromatic heterocycles. The molecule has 2 unspecified atom stereocenters. The first kappa shape index (κ1) is 19.7. The Hall–Kier alpha value is -3.27. The third-order valence-electron chi connectivity index (χ3n) is 6.03. The van der Waals surface area contributed by atoms with Crippen molar-refractivity contribution >= 4 is 11.9 Å². The second kappa shape index (κ2) is 7.16. The number of likely N-dealkylation sites (tertiary alicyclic amines) is 1. The summed E-state index contributed by atoms with van der Waals surface area (Å²) >= 11 is 0. The molecule has 2 atom stereocenters. The van der Waals surface area contributed by atoms with Crippen molar-refractivity contribution in [3.8, 4) is 5.69 Å². The van der Waals surface area contributed by atoms with E-state index in [0.717, 1.165) is 13.1 Å². The van der Waals surface area contributed by atoms with Gasteiger partial charge in [0.1, 0.15) is 22.7 Å². The van der Waals surface area contributed by atoms with Gasteiger partial charge >= 0.3 is 0 Å². The average molecular weight is 423 g/mol. The number of fused-ring (bicyclic) bond motifs is 1. The van der Waals surface area contributed by atoms with Gasteiger partial charge < -0.3 is 19.3 Å². The largest absolute Gasteiger partial charge is 0.429 e. The fourth-order valence-corrected chi connectivity index (χ4v) is 4.61. The summed E-state index contributed by atoms with van der Waals surface area (Å²) in [5.74, 6) is 1.19. The van der Waals surface area contributed by atoms with E-state index < -0.39 is 5.60 Å². The highest BCUT2D eigenvalue weighted by Gasteiger charge is 2.44. The smallest absolute Gasteiger partial charge is 0.297 e. The fraction of sp³-hybridized carbons (Fsp3) is 0.476. The van der Waals surface area contributed by atoms with Gasteiger partial charge in [-0.15, -0.1) is 4.80 Å². The number of rotatable bonds is 4. The maximum Gasteiger partial charge on any atom is 0.297 e. The summed E-state index contributed by atoms with van der Waals surface area (Å²) in [7, 11) is 0. The van der Waals surface area contributed by atoms with E-state index in [0.29, 0.717) is 53.8 Å². The molecular formula is C21H25N7O3. The van der Waals surface area contributed by atoms with E-state index >= 15 is 0 Å². The highest BCUT2D eigenvalue weighted by Crippen LogP contribution is 2.36. The van der Waals surface area contributed by atoms with Gasteiger partial charge in [-0.2, -0.15) is 15.2 Å². The topological polar surface area (TPSA) is 113 Å². The number of aryl methyl sites for hydroxylation is 1. The minimum Gasteiger partial charge on any atom is -0.429 e. The Bertz CT molecular complexity index is 1090. The van der Waals surface area contributed by atoms with Crippen LogP contribution >= 0.6 is 0 Å². The minimum atomic E-state index is -1.05. The molecule has 0 aliphatic carbocycles.